The van der Waals surface area contributed by atoms with Gasteiger partial charge in [-0.15, -0.1) is 0 Å². The van der Waals surface area contributed by atoms with Crippen LogP contribution in [0.15, 0.2) is 0 Å². The predicted molar refractivity (Wildman–Crippen MR) is 107 cm³/mol. The summed E-state index contributed by atoms with van der Waals surface area (Å²) in [6.45, 7) is 2.04. The maximum Gasteiger partial charge on any atom is 0.319 e. The van der Waals surface area contributed by atoms with E-state index in [-0.39, 0.29) is 13.1 Å². The molecule has 0 atom stereocenters. The average molecular weight is 403 g/mol. The minimum Gasteiger partial charge on any atom is -0.481 e. The molecule has 164 valence electrons. The van der Waals surface area contributed by atoms with Gasteiger partial charge in [-0.1, -0.05) is 64.7 Å². The number of esters is 1. The van der Waals surface area contributed by atoms with E-state index in [1.807, 2.05) is 0 Å². The summed E-state index contributed by atoms with van der Waals surface area (Å²) in [5.41, 5.74) is 4.20. The summed E-state index contributed by atoms with van der Waals surface area (Å²) >= 11 is 0. The smallest absolute Gasteiger partial charge is 0.319 e. The van der Waals surface area contributed by atoms with Crippen LogP contribution in [-0.2, 0) is 19.1 Å². The van der Waals surface area contributed by atoms with Gasteiger partial charge in [-0.25, -0.2) is 0 Å². The number of nitrogens with two attached hydrogens (primary N) is 1. The van der Waals surface area contributed by atoms with E-state index < -0.39 is 36.3 Å². The molecule has 0 amide bonds. The van der Waals surface area contributed by atoms with Crippen molar-refractivity contribution in [1.29, 1.82) is 0 Å². The number of carboxylic acid groups (broad SMARTS) is 2. The summed E-state index contributed by atoms with van der Waals surface area (Å²) in [4.78, 5) is 33.8. The Hall–Kier alpha value is -1.67. The third kappa shape index (κ3) is 14.4. The van der Waals surface area contributed by atoms with Crippen LogP contribution in [0.3, 0.4) is 0 Å². The third-order valence-corrected chi connectivity index (χ3v) is 4.74. The van der Waals surface area contributed by atoms with Crippen molar-refractivity contribution in [3.63, 3.8) is 0 Å². The fourth-order valence-electron chi connectivity index (χ4n) is 3.07. The number of aliphatic carboxylic acids is 2. The van der Waals surface area contributed by atoms with Crippen LogP contribution in [0.25, 0.3) is 0 Å². The molecule has 0 radical (unpaired) electrons. The lowest BCUT2D eigenvalue weighted by Crippen LogP contribution is -2.55. The summed E-state index contributed by atoms with van der Waals surface area (Å²) in [5.74, 6) is -2.90. The van der Waals surface area contributed by atoms with E-state index in [0.717, 1.165) is 19.3 Å². The van der Waals surface area contributed by atoms with Crippen molar-refractivity contribution in [2.75, 3.05) is 19.7 Å². The van der Waals surface area contributed by atoms with Crippen LogP contribution >= 0.6 is 0 Å². The SMILES string of the molecule is CCCCCCCCCCCCOC(=O)CNC(CN)(CC(=O)O)CC(=O)O. The van der Waals surface area contributed by atoms with Crippen molar-refractivity contribution in [1.82, 2.24) is 5.32 Å². The van der Waals surface area contributed by atoms with E-state index in [9.17, 15) is 14.4 Å². The van der Waals surface area contributed by atoms with Crippen molar-refractivity contribution < 1.29 is 29.3 Å². The molecule has 8 nitrogen and oxygen atoms in total. The molecule has 0 unspecified atom stereocenters. The van der Waals surface area contributed by atoms with Gasteiger partial charge in [-0.2, -0.15) is 0 Å². The predicted octanol–water partition coefficient (Wildman–Crippen LogP) is 2.69. The average Bonchev–Trinajstić information content (AvgIpc) is 2.63. The Labute approximate surface area is 168 Å². The van der Waals surface area contributed by atoms with Crippen LogP contribution in [0.5, 0.6) is 0 Å². The van der Waals surface area contributed by atoms with E-state index in [2.05, 4.69) is 12.2 Å². The number of carbonyl (C=O) groups excluding carboxylic acids is 1. The topological polar surface area (TPSA) is 139 Å². The lowest BCUT2D eigenvalue weighted by atomic mass is 9.91. The van der Waals surface area contributed by atoms with E-state index in [1.54, 1.807) is 0 Å². The van der Waals surface area contributed by atoms with Gasteiger partial charge in [0.2, 0.25) is 0 Å². The molecule has 0 bridgehead atoms. The van der Waals surface area contributed by atoms with Gasteiger partial charge in [0.1, 0.15) is 0 Å². The van der Waals surface area contributed by atoms with Crippen molar-refractivity contribution in [3.8, 4) is 0 Å². The Balaban J connectivity index is 3.89. The van der Waals surface area contributed by atoms with Crippen molar-refractivity contribution >= 4 is 17.9 Å². The van der Waals surface area contributed by atoms with Crippen LogP contribution in [0.2, 0.25) is 0 Å². The standard InChI is InChI=1S/C20H38N2O6/c1-2-3-4-5-6-7-8-9-10-11-12-28-19(27)15-22-20(16-21,13-17(23)24)14-18(25)26/h22H,2-16,21H2,1H3,(H,23,24)(H,25,26). The minimum atomic E-state index is -1.37. The quantitative estimate of drug-likeness (QED) is 0.191. The zero-order valence-corrected chi connectivity index (χ0v) is 17.2. The largest absolute Gasteiger partial charge is 0.481 e. The summed E-state index contributed by atoms with van der Waals surface area (Å²) in [6, 6.07) is 0. The zero-order valence-electron chi connectivity index (χ0n) is 17.2. The highest BCUT2D eigenvalue weighted by Gasteiger charge is 2.34. The second-order valence-corrected chi connectivity index (χ2v) is 7.38. The van der Waals surface area contributed by atoms with Gasteiger partial charge in [0.15, 0.2) is 0 Å². The fraction of sp³-hybridized carbons (Fsp3) is 0.850. The number of carboxylic acids is 2. The molecule has 0 aliphatic rings. The van der Waals surface area contributed by atoms with Gasteiger partial charge in [0.05, 0.1) is 31.5 Å². The second-order valence-electron chi connectivity index (χ2n) is 7.38. The van der Waals surface area contributed by atoms with E-state index in [1.165, 1.54) is 44.9 Å². The molecule has 0 saturated carbocycles. The first-order chi connectivity index (χ1) is 13.3. The molecule has 0 heterocycles. The Bertz CT molecular complexity index is 440. The molecule has 0 aromatic carbocycles. The summed E-state index contributed by atoms with van der Waals surface area (Å²) in [7, 11) is 0. The Morgan fingerprint density at radius 1 is 0.857 bits per heavy atom. The molecule has 0 aromatic heterocycles. The molecular weight excluding hydrogens is 364 g/mol. The number of hydrogen-bond donors (Lipinski definition) is 4. The molecular formula is C20H38N2O6. The highest BCUT2D eigenvalue weighted by molar-refractivity contribution is 5.75. The molecule has 0 rings (SSSR count). The lowest BCUT2D eigenvalue weighted by Gasteiger charge is -2.30. The van der Waals surface area contributed by atoms with Crippen LogP contribution in [-0.4, -0.2) is 53.4 Å². The summed E-state index contributed by atoms with van der Waals surface area (Å²) < 4.78 is 5.13. The molecule has 0 aliphatic carbocycles. The van der Waals surface area contributed by atoms with Gasteiger partial charge in [0, 0.05) is 6.54 Å². The van der Waals surface area contributed by atoms with Gasteiger partial charge in [-0.3, -0.25) is 19.7 Å². The number of nitrogens with one attached hydrogen (secondary N) is 1. The van der Waals surface area contributed by atoms with Gasteiger partial charge < -0.3 is 20.7 Å². The van der Waals surface area contributed by atoms with E-state index >= 15 is 0 Å². The Morgan fingerprint density at radius 2 is 1.32 bits per heavy atom. The lowest BCUT2D eigenvalue weighted by molar-refractivity contribution is -0.146. The number of unbranched alkanes of at least 4 members (excludes halogenated alkanes) is 9. The number of rotatable bonds is 19. The Kier molecular flexibility index (Phi) is 15.3. The van der Waals surface area contributed by atoms with Gasteiger partial charge in [0.25, 0.3) is 0 Å². The monoisotopic (exact) mass is 402 g/mol. The van der Waals surface area contributed by atoms with Crippen LogP contribution in [0.1, 0.15) is 84.0 Å². The highest BCUT2D eigenvalue weighted by Crippen LogP contribution is 2.15. The Morgan fingerprint density at radius 3 is 1.75 bits per heavy atom. The van der Waals surface area contributed by atoms with Crippen molar-refractivity contribution in [2.24, 2.45) is 5.73 Å². The van der Waals surface area contributed by atoms with Crippen LogP contribution in [0.4, 0.5) is 0 Å². The van der Waals surface area contributed by atoms with Crippen molar-refractivity contribution in [3.05, 3.63) is 0 Å². The number of carbonyl (C=O) groups is 3. The third-order valence-electron chi connectivity index (χ3n) is 4.74. The highest BCUT2D eigenvalue weighted by atomic mass is 16.5. The maximum atomic E-state index is 11.8. The minimum absolute atomic E-state index is 0.211. The summed E-state index contributed by atoms with van der Waals surface area (Å²) in [6.07, 6.45) is 10.9. The molecule has 0 spiro atoms. The van der Waals surface area contributed by atoms with Crippen LogP contribution < -0.4 is 11.1 Å². The van der Waals surface area contributed by atoms with E-state index in [0.29, 0.717) is 6.61 Å². The zero-order chi connectivity index (χ0) is 21.3. The molecule has 28 heavy (non-hydrogen) atoms. The first kappa shape index (κ1) is 26.3. The van der Waals surface area contributed by atoms with Gasteiger partial charge in [-0.05, 0) is 6.42 Å². The summed E-state index contributed by atoms with van der Waals surface area (Å²) in [5, 5.41) is 20.6. The first-order valence-electron chi connectivity index (χ1n) is 10.4. The molecule has 5 N–H and O–H groups in total. The van der Waals surface area contributed by atoms with Crippen LogP contribution in [0, 0.1) is 0 Å². The molecule has 0 saturated heterocycles. The van der Waals surface area contributed by atoms with E-state index in [4.69, 9.17) is 20.7 Å². The fourth-order valence-corrected chi connectivity index (χ4v) is 3.07. The van der Waals surface area contributed by atoms with Gasteiger partial charge >= 0.3 is 17.9 Å². The molecule has 0 aromatic rings. The molecule has 0 aliphatic heterocycles. The number of hydrogen-bond acceptors (Lipinski definition) is 6. The molecule has 8 heteroatoms. The van der Waals surface area contributed by atoms with Crippen molar-refractivity contribution in [2.45, 2.75) is 89.5 Å². The maximum absolute atomic E-state index is 11.8. The first-order valence-corrected chi connectivity index (χ1v) is 10.4. The number of ether oxygens (including phenoxy) is 1. The molecule has 0 fully saturated rings. The second kappa shape index (κ2) is 16.3. The normalized spacial score (nSPS) is 11.4.